The Morgan fingerprint density at radius 2 is 1.85 bits per heavy atom. The fraction of sp³-hybridized carbons (Fsp3) is 0.458. The molecule has 3 aromatic rings. The van der Waals surface area contributed by atoms with Gasteiger partial charge in [0.05, 0.1) is 12.6 Å². The first kappa shape index (κ1) is 23.3. The van der Waals surface area contributed by atoms with E-state index < -0.39 is 11.2 Å². The number of halogens is 1. The summed E-state index contributed by atoms with van der Waals surface area (Å²) in [5.74, 6) is 6.90. The summed E-state index contributed by atoms with van der Waals surface area (Å²) in [4.78, 5) is 33.1. The molecule has 8 nitrogen and oxygen atoms in total. The van der Waals surface area contributed by atoms with Crippen molar-refractivity contribution in [2.45, 2.75) is 45.3 Å². The molecule has 1 N–H and O–H groups in total. The lowest BCUT2D eigenvalue weighted by atomic mass is 10.2. The number of hydrogen-bond acceptors (Lipinski definition) is 5. The van der Waals surface area contributed by atoms with Gasteiger partial charge >= 0.3 is 5.69 Å². The molecule has 1 aliphatic rings. The number of aromatic nitrogens is 4. The second-order valence-corrected chi connectivity index (χ2v) is 8.82. The summed E-state index contributed by atoms with van der Waals surface area (Å²) in [7, 11) is 1.60. The molecule has 0 spiro atoms. The number of hydrogen-bond donors (Lipinski definition) is 1. The zero-order valence-electron chi connectivity index (χ0n) is 18.9. The van der Waals surface area contributed by atoms with Crippen LogP contribution in [0.5, 0.6) is 0 Å². The molecular weight excluding hydrogens is 442 g/mol. The van der Waals surface area contributed by atoms with Crippen molar-refractivity contribution in [3.8, 4) is 11.8 Å². The van der Waals surface area contributed by atoms with Gasteiger partial charge in [-0.15, -0.1) is 0 Å². The Balaban J connectivity index is 1.87. The van der Waals surface area contributed by atoms with Crippen molar-refractivity contribution in [2.75, 3.05) is 19.7 Å². The lowest BCUT2D eigenvalue weighted by molar-refractivity contribution is 0.277. The van der Waals surface area contributed by atoms with Crippen LogP contribution in [0, 0.1) is 11.8 Å². The van der Waals surface area contributed by atoms with Crippen LogP contribution in [-0.4, -0.2) is 54.4 Å². The van der Waals surface area contributed by atoms with Crippen LogP contribution in [0.25, 0.3) is 11.2 Å². The summed E-state index contributed by atoms with van der Waals surface area (Å²) in [6.45, 7) is 4.52. The molecule has 1 fully saturated rings. The van der Waals surface area contributed by atoms with Gasteiger partial charge in [-0.2, -0.15) is 0 Å². The third-order valence-corrected chi connectivity index (χ3v) is 6.36. The standard InChI is InChI=1S/C24H28ClN5O3/c1-17(28-12-3-4-13-28)6-11-20-26-22-21(30(20)16-18-7-9-19(25)10-8-18)23(32)29(14-5-15-31)24(33)27(22)2/h7-10,17,31H,3-5,12-16H2,1-2H3. The van der Waals surface area contributed by atoms with Gasteiger partial charge in [0.25, 0.3) is 5.56 Å². The summed E-state index contributed by atoms with van der Waals surface area (Å²) < 4.78 is 4.31. The van der Waals surface area contributed by atoms with Crippen molar-refractivity contribution in [1.82, 2.24) is 23.6 Å². The molecule has 2 aromatic heterocycles. The maximum Gasteiger partial charge on any atom is 0.332 e. The molecule has 4 rings (SSSR count). The molecule has 1 saturated heterocycles. The molecule has 1 aromatic carbocycles. The zero-order valence-corrected chi connectivity index (χ0v) is 19.7. The fourth-order valence-corrected chi connectivity index (χ4v) is 4.33. The quantitative estimate of drug-likeness (QED) is 0.556. The van der Waals surface area contributed by atoms with Gasteiger partial charge in [-0.3, -0.25) is 18.8 Å². The van der Waals surface area contributed by atoms with Gasteiger partial charge in [0.1, 0.15) is 0 Å². The topological polar surface area (TPSA) is 85.3 Å². The van der Waals surface area contributed by atoms with Crippen molar-refractivity contribution in [3.05, 3.63) is 61.5 Å². The number of imidazole rings is 1. The minimum Gasteiger partial charge on any atom is -0.396 e. The summed E-state index contributed by atoms with van der Waals surface area (Å²) in [5.41, 5.74) is 0.677. The molecule has 174 valence electrons. The Morgan fingerprint density at radius 3 is 2.52 bits per heavy atom. The van der Waals surface area contributed by atoms with Gasteiger partial charge in [0, 0.05) is 25.2 Å². The van der Waals surface area contributed by atoms with E-state index in [1.165, 1.54) is 17.4 Å². The number of aliphatic hydroxyl groups excluding tert-OH is 1. The fourth-order valence-electron chi connectivity index (χ4n) is 4.21. The van der Waals surface area contributed by atoms with Crippen LogP contribution in [0.1, 0.15) is 37.6 Å². The van der Waals surface area contributed by atoms with Crippen molar-refractivity contribution in [2.24, 2.45) is 7.05 Å². The average Bonchev–Trinajstić information content (AvgIpc) is 3.46. The Morgan fingerprint density at radius 1 is 1.15 bits per heavy atom. The van der Waals surface area contributed by atoms with E-state index in [-0.39, 0.29) is 19.2 Å². The highest BCUT2D eigenvalue weighted by Gasteiger charge is 2.20. The third-order valence-electron chi connectivity index (χ3n) is 6.11. The van der Waals surface area contributed by atoms with Gasteiger partial charge in [0.2, 0.25) is 0 Å². The monoisotopic (exact) mass is 469 g/mol. The molecule has 0 bridgehead atoms. The maximum absolute atomic E-state index is 13.4. The summed E-state index contributed by atoms with van der Waals surface area (Å²) in [5, 5.41) is 9.83. The van der Waals surface area contributed by atoms with E-state index in [9.17, 15) is 14.7 Å². The van der Waals surface area contributed by atoms with Crippen LogP contribution in [0.2, 0.25) is 5.02 Å². The SMILES string of the molecule is CC(C#Cc1nc2c(c(=O)n(CCCO)c(=O)n2C)n1Cc1ccc(Cl)cc1)N1CCCC1. The number of aryl methyl sites for hydroxylation is 1. The van der Waals surface area contributed by atoms with Crippen LogP contribution in [-0.2, 0) is 20.1 Å². The average molecular weight is 470 g/mol. The third kappa shape index (κ3) is 4.76. The van der Waals surface area contributed by atoms with E-state index in [4.69, 9.17) is 11.6 Å². The van der Waals surface area contributed by atoms with Crippen molar-refractivity contribution in [1.29, 1.82) is 0 Å². The number of fused-ring (bicyclic) bond motifs is 1. The first-order valence-electron chi connectivity index (χ1n) is 11.2. The molecule has 33 heavy (non-hydrogen) atoms. The van der Waals surface area contributed by atoms with Crippen LogP contribution in [0.4, 0.5) is 0 Å². The zero-order chi connectivity index (χ0) is 23.5. The Hall–Kier alpha value is -2.86. The molecule has 9 heteroatoms. The number of likely N-dealkylation sites (tertiary alicyclic amines) is 1. The molecule has 3 heterocycles. The molecule has 0 amide bonds. The van der Waals surface area contributed by atoms with Crippen molar-refractivity contribution >= 4 is 22.8 Å². The van der Waals surface area contributed by atoms with Crippen molar-refractivity contribution in [3.63, 3.8) is 0 Å². The van der Waals surface area contributed by atoms with E-state index in [2.05, 4.69) is 28.6 Å². The number of nitrogens with zero attached hydrogens (tertiary/aromatic N) is 5. The highest BCUT2D eigenvalue weighted by atomic mass is 35.5. The molecule has 1 unspecified atom stereocenters. The summed E-state index contributed by atoms with van der Waals surface area (Å²) >= 11 is 6.04. The van der Waals surface area contributed by atoms with Crippen LogP contribution in [0.3, 0.4) is 0 Å². The maximum atomic E-state index is 13.4. The minimum absolute atomic E-state index is 0.0707. The predicted molar refractivity (Wildman–Crippen MR) is 129 cm³/mol. The highest BCUT2D eigenvalue weighted by Crippen LogP contribution is 2.16. The Labute approximate surface area is 197 Å². The van der Waals surface area contributed by atoms with E-state index in [0.717, 1.165) is 23.2 Å². The van der Waals surface area contributed by atoms with Gasteiger partial charge < -0.3 is 9.67 Å². The van der Waals surface area contributed by atoms with Gasteiger partial charge in [-0.25, -0.2) is 9.78 Å². The highest BCUT2D eigenvalue weighted by molar-refractivity contribution is 6.30. The second kappa shape index (κ2) is 9.96. The van der Waals surface area contributed by atoms with Crippen molar-refractivity contribution < 1.29 is 5.11 Å². The number of aliphatic hydroxyl groups is 1. The normalized spacial score (nSPS) is 15.0. The summed E-state index contributed by atoms with van der Waals surface area (Å²) in [6.07, 6.45) is 2.67. The second-order valence-electron chi connectivity index (χ2n) is 8.38. The molecule has 0 saturated carbocycles. The molecular formula is C24H28ClN5O3. The van der Waals surface area contributed by atoms with Crippen LogP contribution < -0.4 is 11.2 Å². The van der Waals surface area contributed by atoms with Gasteiger partial charge in [-0.1, -0.05) is 29.7 Å². The smallest absolute Gasteiger partial charge is 0.332 e. The molecule has 0 aliphatic carbocycles. The van der Waals surface area contributed by atoms with E-state index >= 15 is 0 Å². The lowest BCUT2D eigenvalue weighted by Gasteiger charge is -2.17. The van der Waals surface area contributed by atoms with Gasteiger partial charge in [0.15, 0.2) is 17.0 Å². The first-order valence-corrected chi connectivity index (χ1v) is 11.6. The lowest BCUT2D eigenvalue weighted by Crippen LogP contribution is -2.40. The molecule has 1 atom stereocenters. The number of benzene rings is 1. The van der Waals surface area contributed by atoms with E-state index in [0.29, 0.717) is 35.0 Å². The van der Waals surface area contributed by atoms with E-state index in [1.807, 2.05) is 12.1 Å². The molecule has 1 aliphatic heterocycles. The Kier molecular flexibility index (Phi) is 7.03. The van der Waals surface area contributed by atoms with E-state index in [1.54, 1.807) is 23.7 Å². The van der Waals surface area contributed by atoms with Crippen LogP contribution >= 0.6 is 11.6 Å². The summed E-state index contributed by atoms with van der Waals surface area (Å²) in [6, 6.07) is 7.45. The van der Waals surface area contributed by atoms with Crippen LogP contribution in [0.15, 0.2) is 33.9 Å². The number of rotatable bonds is 6. The van der Waals surface area contributed by atoms with Gasteiger partial charge in [-0.05, 0) is 62.9 Å². The minimum atomic E-state index is -0.456. The largest absolute Gasteiger partial charge is 0.396 e. The predicted octanol–water partition coefficient (Wildman–Crippen LogP) is 1.82. The first-order chi connectivity index (χ1) is 15.9. The molecule has 0 radical (unpaired) electrons. The Bertz CT molecular complexity index is 1320.